The van der Waals surface area contributed by atoms with Crippen molar-refractivity contribution in [2.24, 2.45) is 4.99 Å². The topological polar surface area (TPSA) is 65.9 Å². The molecule has 0 spiro atoms. The molecule has 1 N–H and O–H groups in total. The molecule has 1 atom stereocenters. The third-order valence-electron chi connectivity index (χ3n) is 4.50. The van der Waals surface area contributed by atoms with Crippen molar-refractivity contribution in [2.45, 2.75) is 20.0 Å². The van der Waals surface area contributed by atoms with Crippen molar-refractivity contribution in [1.29, 1.82) is 0 Å². The van der Waals surface area contributed by atoms with Crippen LogP contribution in [-0.4, -0.2) is 66.7 Å². The Morgan fingerprint density at radius 1 is 1.19 bits per heavy atom. The van der Waals surface area contributed by atoms with Crippen molar-refractivity contribution >= 4 is 11.9 Å². The van der Waals surface area contributed by atoms with Crippen LogP contribution < -0.4 is 15.0 Å². The smallest absolute Gasteiger partial charge is 0.225 e. The second kappa shape index (κ2) is 9.21. The van der Waals surface area contributed by atoms with Crippen LogP contribution >= 0.6 is 0 Å². The first kappa shape index (κ1) is 18.9. The van der Waals surface area contributed by atoms with Crippen molar-refractivity contribution in [2.75, 3.05) is 44.7 Å². The predicted octanol–water partition coefficient (Wildman–Crippen LogP) is 1.95. The van der Waals surface area contributed by atoms with E-state index in [1.807, 2.05) is 25.2 Å². The number of aryl methyl sites for hydroxylation is 1. The number of hydrogen-bond acceptors (Lipinski definition) is 5. The second-order valence-corrected chi connectivity index (χ2v) is 6.70. The summed E-state index contributed by atoms with van der Waals surface area (Å²) in [6.45, 7) is 8.34. The molecule has 27 heavy (non-hydrogen) atoms. The highest BCUT2D eigenvalue weighted by Crippen LogP contribution is 2.14. The van der Waals surface area contributed by atoms with Crippen LogP contribution in [0.4, 0.5) is 5.95 Å². The molecular formula is C20H28N6O. The van der Waals surface area contributed by atoms with Gasteiger partial charge in [-0.2, -0.15) is 0 Å². The highest BCUT2D eigenvalue weighted by atomic mass is 16.5. The fourth-order valence-corrected chi connectivity index (χ4v) is 3.10. The molecule has 0 aliphatic carbocycles. The van der Waals surface area contributed by atoms with Gasteiger partial charge >= 0.3 is 0 Å². The minimum atomic E-state index is 0.0440. The van der Waals surface area contributed by atoms with Crippen molar-refractivity contribution in [3.05, 3.63) is 48.3 Å². The van der Waals surface area contributed by atoms with Gasteiger partial charge in [0.2, 0.25) is 5.95 Å². The lowest BCUT2D eigenvalue weighted by molar-refractivity contribution is 0.221. The number of piperazine rings is 1. The molecule has 1 saturated heterocycles. The van der Waals surface area contributed by atoms with Gasteiger partial charge < -0.3 is 19.9 Å². The first-order chi connectivity index (χ1) is 13.2. The zero-order valence-electron chi connectivity index (χ0n) is 16.3. The lowest BCUT2D eigenvalue weighted by atomic mass is 10.2. The molecule has 7 nitrogen and oxygen atoms in total. The van der Waals surface area contributed by atoms with Crippen LogP contribution in [0.1, 0.15) is 12.5 Å². The maximum atomic E-state index is 5.99. The SMILES string of the molecule is CN=C(NCC(C)Oc1cccc(C)c1)N1CCN(c2ncccn2)CC1. The molecule has 0 radical (unpaired) electrons. The Morgan fingerprint density at radius 2 is 1.93 bits per heavy atom. The number of aliphatic imine (C=N–C) groups is 1. The maximum absolute atomic E-state index is 5.99. The van der Waals surface area contributed by atoms with Crippen LogP contribution in [-0.2, 0) is 0 Å². The van der Waals surface area contributed by atoms with Gasteiger partial charge in [-0.05, 0) is 37.6 Å². The summed E-state index contributed by atoms with van der Waals surface area (Å²) in [5, 5.41) is 3.43. The van der Waals surface area contributed by atoms with Gasteiger partial charge in [0.05, 0.1) is 6.54 Å². The average Bonchev–Trinajstić information content (AvgIpc) is 2.69. The Bertz CT molecular complexity index is 743. The highest BCUT2D eigenvalue weighted by molar-refractivity contribution is 5.80. The summed E-state index contributed by atoms with van der Waals surface area (Å²) in [4.78, 5) is 17.6. The van der Waals surface area contributed by atoms with Gasteiger partial charge in [-0.1, -0.05) is 12.1 Å². The summed E-state index contributed by atoms with van der Waals surface area (Å²) < 4.78 is 5.99. The summed E-state index contributed by atoms with van der Waals surface area (Å²) >= 11 is 0. The maximum Gasteiger partial charge on any atom is 0.225 e. The Balaban J connectivity index is 1.47. The number of ether oxygens (including phenoxy) is 1. The first-order valence-corrected chi connectivity index (χ1v) is 9.36. The quantitative estimate of drug-likeness (QED) is 0.643. The second-order valence-electron chi connectivity index (χ2n) is 6.70. The summed E-state index contributed by atoms with van der Waals surface area (Å²) in [6.07, 6.45) is 3.61. The van der Waals surface area contributed by atoms with Crippen molar-refractivity contribution in [3.8, 4) is 5.75 Å². The largest absolute Gasteiger partial charge is 0.489 e. The number of hydrogen-bond donors (Lipinski definition) is 1. The van der Waals surface area contributed by atoms with Crippen molar-refractivity contribution < 1.29 is 4.74 Å². The number of guanidine groups is 1. The van der Waals surface area contributed by atoms with Crippen LogP contribution in [0.3, 0.4) is 0 Å². The summed E-state index contributed by atoms with van der Waals surface area (Å²) in [6, 6.07) is 9.96. The molecule has 7 heteroatoms. The van der Waals surface area contributed by atoms with E-state index in [0.717, 1.165) is 43.8 Å². The van der Waals surface area contributed by atoms with E-state index in [1.54, 1.807) is 12.4 Å². The third-order valence-corrected chi connectivity index (χ3v) is 4.50. The summed E-state index contributed by atoms with van der Waals surface area (Å²) in [7, 11) is 1.82. The minimum absolute atomic E-state index is 0.0440. The van der Waals surface area contributed by atoms with Gasteiger partial charge in [-0.3, -0.25) is 4.99 Å². The fourth-order valence-electron chi connectivity index (χ4n) is 3.10. The zero-order chi connectivity index (χ0) is 19.1. The Labute approximate surface area is 161 Å². The zero-order valence-corrected chi connectivity index (χ0v) is 16.3. The van der Waals surface area contributed by atoms with Gasteiger partial charge in [0, 0.05) is 45.6 Å². The van der Waals surface area contributed by atoms with Crippen LogP contribution in [0.5, 0.6) is 5.75 Å². The van der Waals surface area contributed by atoms with Gasteiger partial charge in [0.1, 0.15) is 11.9 Å². The lowest BCUT2D eigenvalue weighted by Gasteiger charge is -2.36. The van der Waals surface area contributed by atoms with E-state index in [1.165, 1.54) is 5.56 Å². The minimum Gasteiger partial charge on any atom is -0.489 e. The van der Waals surface area contributed by atoms with E-state index in [0.29, 0.717) is 6.54 Å². The van der Waals surface area contributed by atoms with Crippen LogP contribution in [0, 0.1) is 6.92 Å². The first-order valence-electron chi connectivity index (χ1n) is 9.36. The van der Waals surface area contributed by atoms with E-state index in [2.05, 4.69) is 56.1 Å². The van der Waals surface area contributed by atoms with Crippen molar-refractivity contribution in [1.82, 2.24) is 20.2 Å². The van der Waals surface area contributed by atoms with E-state index < -0.39 is 0 Å². The molecule has 3 rings (SSSR count). The Kier molecular flexibility index (Phi) is 6.46. The number of aromatic nitrogens is 2. The number of benzene rings is 1. The molecule has 0 bridgehead atoms. The average molecular weight is 368 g/mol. The van der Waals surface area contributed by atoms with E-state index >= 15 is 0 Å². The molecule has 1 aromatic heterocycles. The normalized spacial score (nSPS) is 16.2. The molecule has 2 heterocycles. The van der Waals surface area contributed by atoms with E-state index in [4.69, 9.17) is 4.74 Å². The molecule has 0 saturated carbocycles. The molecule has 144 valence electrons. The summed E-state index contributed by atoms with van der Waals surface area (Å²) in [5.41, 5.74) is 1.20. The molecular weight excluding hydrogens is 340 g/mol. The van der Waals surface area contributed by atoms with Crippen LogP contribution in [0.2, 0.25) is 0 Å². The van der Waals surface area contributed by atoms with Gasteiger partial charge in [-0.15, -0.1) is 0 Å². The van der Waals surface area contributed by atoms with Crippen LogP contribution in [0.25, 0.3) is 0 Å². The molecule has 1 aliphatic heterocycles. The predicted molar refractivity (Wildman–Crippen MR) is 108 cm³/mol. The molecule has 0 amide bonds. The van der Waals surface area contributed by atoms with Gasteiger partial charge in [0.25, 0.3) is 0 Å². The molecule has 1 fully saturated rings. The standard InChI is InChI=1S/C20H28N6O/c1-16-6-4-7-18(14-16)27-17(2)15-24-19(21-3)25-10-12-26(13-11-25)20-22-8-5-9-23-20/h4-9,14,17H,10-13,15H2,1-3H3,(H,21,24). The van der Waals surface area contributed by atoms with Crippen LogP contribution in [0.15, 0.2) is 47.7 Å². The van der Waals surface area contributed by atoms with Crippen molar-refractivity contribution in [3.63, 3.8) is 0 Å². The summed E-state index contributed by atoms with van der Waals surface area (Å²) in [5.74, 6) is 2.60. The van der Waals surface area contributed by atoms with E-state index in [-0.39, 0.29) is 6.10 Å². The van der Waals surface area contributed by atoms with E-state index in [9.17, 15) is 0 Å². The third kappa shape index (κ3) is 5.32. The number of nitrogens with zero attached hydrogens (tertiary/aromatic N) is 5. The molecule has 2 aromatic rings. The fraction of sp³-hybridized carbons (Fsp3) is 0.450. The number of rotatable bonds is 5. The number of anilines is 1. The van der Waals surface area contributed by atoms with Gasteiger partial charge in [0.15, 0.2) is 5.96 Å². The lowest BCUT2D eigenvalue weighted by Crippen LogP contribution is -2.53. The Morgan fingerprint density at radius 3 is 2.59 bits per heavy atom. The molecule has 1 aromatic carbocycles. The Hall–Kier alpha value is -2.83. The monoisotopic (exact) mass is 368 g/mol. The van der Waals surface area contributed by atoms with Gasteiger partial charge in [-0.25, -0.2) is 9.97 Å². The molecule has 1 unspecified atom stereocenters. The molecule has 1 aliphatic rings. The highest BCUT2D eigenvalue weighted by Gasteiger charge is 2.21. The number of nitrogens with one attached hydrogen (secondary N) is 1.